The summed E-state index contributed by atoms with van der Waals surface area (Å²) in [5.74, 6) is -5.22. The second kappa shape index (κ2) is 6.69. The highest BCUT2D eigenvalue weighted by molar-refractivity contribution is 5.38. The third-order valence-corrected chi connectivity index (χ3v) is 4.11. The lowest BCUT2D eigenvalue weighted by atomic mass is 9.82. The maximum Gasteiger partial charge on any atom is 0.419 e. The van der Waals surface area contributed by atoms with Gasteiger partial charge in [0.2, 0.25) is 0 Å². The van der Waals surface area contributed by atoms with Crippen molar-refractivity contribution < 1.29 is 39.9 Å². The molecule has 0 amide bonds. The van der Waals surface area contributed by atoms with Crippen LogP contribution in [-0.4, -0.2) is 6.11 Å². The maximum atomic E-state index is 14.6. The van der Waals surface area contributed by atoms with Crippen LogP contribution < -0.4 is 4.74 Å². The van der Waals surface area contributed by atoms with Crippen LogP contribution in [0.5, 0.6) is 5.75 Å². The molecule has 27 heavy (non-hydrogen) atoms. The molecule has 2 aromatic rings. The van der Waals surface area contributed by atoms with Crippen molar-refractivity contribution in [2.75, 3.05) is 0 Å². The highest BCUT2D eigenvalue weighted by atomic mass is 19.4. The average Bonchev–Trinajstić information content (AvgIpc) is 2.43. The smallest absolute Gasteiger partial charge is 0.419 e. The first-order valence-electron chi connectivity index (χ1n) is 7.57. The quantitative estimate of drug-likeness (QED) is 0.543. The first-order chi connectivity index (χ1) is 12.2. The van der Waals surface area contributed by atoms with Gasteiger partial charge >= 0.3 is 12.3 Å². The van der Waals surface area contributed by atoms with Crippen molar-refractivity contribution in [2.24, 2.45) is 0 Å². The van der Waals surface area contributed by atoms with Gasteiger partial charge in [-0.15, -0.1) is 0 Å². The SMILES string of the molecule is Cc1cc(OC(F)(F)C(C)(C)c2c(F)cccc2F)cc(F)c1C(F)(F)F. The summed E-state index contributed by atoms with van der Waals surface area (Å²) in [6, 6.07) is 3.26. The Labute approximate surface area is 149 Å². The molecule has 0 heterocycles. The summed E-state index contributed by atoms with van der Waals surface area (Å²) in [5.41, 5.74) is -5.82. The molecule has 0 N–H and O–H groups in total. The summed E-state index contributed by atoms with van der Waals surface area (Å²) in [6.45, 7) is 2.46. The van der Waals surface area contributed by atoms with E-state index < -0.39 is 57.6 Å². The first kappa shape index (κ1) is 21.0. The standard InChI is InChI=1S/C18H14F8O/c1-9-7-10(8-13(21)14(9)17(22,23)24)27-18(25,26)16(2,3)15-11(19)5-4-6-12(15)20/h4-8H,1-3H3. The van der Waals surface area contributed by atoms with Crippen LogP contribution in [0.25, 0.3) is 0 Å². The fourth-order valence-electron chi connectivity index (χ4n) is 2.65. The summed E-state index contributed by atoms with van der Waals surface area (Å²) in [7, 11) is 0. The summed E-state index contributed by atoms with van der Waals surface area (Å²) in [6.07, 6.45) is -9.31. The lowest BCUT2D eigenvalue weighted by Crippen LogP contribution is -2.46. The molecule has 0 radical (unpaired) electrons. The molecule has 0 bridgehead atoms. The fraction of sp³-hybridized carbons (Fsp3) is 0.333. The van der Waals surface area contributed by atoms with E-state index in [1.807, 2.05) is 0 Å². The number of alkyl halides is 5. The molecule has 0 aliphatic heterocycles. The van der Waals surface area contributed by atoms with E-state index in [-0.39, 0.29) is 6.07 Å². The number of benzene rings is 2. The average molecular weight is 398 g/mol. The van der Waals surface area contributed by atoms with E-state index in [9.17, 15) is 35.1 Å². The zero-order valence-electron chi connectivity index (χ0n) is 14.3. The summed E-state index contributed by atoms with van der Waals surface area (Å²) in [4.78, 5) is 0. The minimum atomic E-state index is -5.02. The van der Waals surface area contributed by atoms with Crippen molar-refractivity contribution in [3.63, 3.8) is 0 Å². The Balaban J connectivity index is 2.47. The molecule has 0 aliphatic rings. The van der Waals surface area contributed by atoms with Gasteiger partial charge in [-0.3, -0.25) is 0 Å². The first-order valence-corrected chi connectivity index (χ1v) is 7.57. The van der Waals surface area contributed by atoms with Gasteiger partial charge in [-0.2, -0.15) is 22.0 Å². The van der Waals surface area contributed by atoms with Crippen LogP contribution in [0, 0.1) is 24.4 Å². The van der Waals surface area contributed by atoms with Crippen molar-refractivity contribution in [1.82, 2.24) is 0 Å². The predicted molar refractivity (Wildman–Crippen MR) is 81.1 cm³/mol. The zero-order valence-corrected chi connectivity index (χ0v) is 14.3. The molecule has 0 unspecified atom stereocenters. The number of halogens is 8. The number of hydrogen-bond acceptors (Lipinski definition) is 1. The van der Waals surface area contributed by atoms with Crippen molar-refractivity contribution in [3.8, 4) is 5.75 Å². The molecule has 2 aromatic carbocycles. The van der Waals surface area contributed by atoms with Crippen LogP contribution in [0.1, 0.15) is 30.5 Å². The van der Waals surface area contributed by atoms with E-state index >= 15 is 0 Å². The molecule has 0 aromatic heterocycles. The highest BCUT2D eigenvalue weighted by Crippen LogP contribution is 2.44. The number of aryl methyl sites for hydroxylation is 1. The second-order valence-corrected chi connectivity index (χ2v) is 6.44. The Kier molecular flexibility index (Phi) is 5.20. The molecule has 0 saturated carbocycles. The number of hydrogen-bond donors (Lipinski definition) is 0. The van der Waals surface area contributed by atoms with Gasteiger partial charge in [0, 0.05) is 11.6 Å². The van der Waals surface area contributed by atoms with Crippen molar-refractivity contribution in [1.29, 1.82) is 0 Å². The van der Waals surface area contributed by atoms with Crippen LogP contribution >= 0.6 is 0 Å². The molecule has 0 spiro atoms. The van der Waals surface area contributed by atoms with Gasteiger partial charge in [0.1, 0.15) is 23.2 Å². The Hall–Kier alpha value is -2.32. The van der Waals surface area contributed by atoms with E-state index in [0.717, 1.165) is 39.0 Å². The molecule has 0 atom stereocenters. The van der Waals surface area contributed by atoms with Crippen LogP contribution in [0.4, 0.5) is 35.1 Å². The summed E-state index contributed by atoms with van der Waals surface area (Å²) < 4.78 is 114. The van der Waals surface area contributed by atoms with Gasteiger partial charge in [-0.1, -0.05) is 6.07 Å². The Morgan fingerprint density at radius 1 is 0.778 bits per heavy atom. The summed E-state index contributed by atoms with van der Waals surface area (Å²) in [5, 5.41) is 0. The monoisotopic (exact) mass is 398 g/mol. The molecular formula is C18H14F8O. The van der Waals surface area contributed by atoms with Crippen molar-refractivity contribution >= 4 is 0 Å². The van der Waals surface area contributed by atoms with E-state index in [4.69, 9.17) is 0 Å². The van der Waals surface area contributed by atoms with Gasteiger partial charge in [-0.05, 0) is 44.5 Å². The number of ether oxygens (including phenoxy) is 1. The van der Waals surface area contributed by atoms with Crippen LogP contribution in [0.15, 0.2) is 30.3 Å². The maximum absolute atomic E-state index is 14.6. The van der Waals surface area contributed by atoms with Crippen molar-refractivity contribution in [2.45, 2.75) is 38.5 Å². The molecule has 9 heteroatoms. The van der Waals surface area contributed by atoms with Crippen molar-refractivity contribution in [3.05, 3.63) is 64.5 Å². The third-order valence-electron chi connectivity index (χ3n) is 4.11. The zero-order chi connectivity index (χ0) is 20.8. The predicted octanol–water partition coefficient (Wildman–Crippen LogP) is 6.38. The number of rotatable bonds is 4. The van der Waals surface area contributed by atoms with Crippen LogP contribution in [0.2, 0.25) is 0 Å². The fourth-order valence-corrected chi connectivity index (χ4v) is 2.65. The topological polar surface area (TPSA) is 9.23 Å². The second-order valence-electron chi connectivity index (χ2n) is 6.44. The molecular weight excluding hydrogens is 384 g/mol. The lowest BCUT2D eigenvalue weighted by Gasteiger charge is -2.34. The molecule has 1 nitrogen and oxygen atoms in total. The largest absolute Gasteiger partial charge is 0.432 e. The lowest BCUT2D eigenvalue weighted by molar-refractivity contribution is -0.222. The van der Waals surface area contributed by atoms with E-state index in [1.54, 1.807) is 0 Å². The Morgan fingerprint density at radius 2 is 1.30 bits per heavy atom. The summed E-state index contributed by atoms with van der Waals surface area (Å²) >= 11 is 0. The highest BCUT2D eigenvalue weighted by Gasteiger charge is 2.53. The van der Waals surface area contributed by atoms with Gasteiger partial charge in [0.15, 0.2) is 0 Å². The van der Waals surface area contributed by atoms with Crippen LogP contribution in [0.3, 0.4) is 0 Å². The molecule has 2 rings (SSSR count). The van der Waals surface area contributed by atoms with E-state index in [2.05, 4.69) is 4.74 Å². The Morgan fingerprint density at radius 3 is 1.74 bits per heavy atom. The van der Waals surface area contributed by atoms with Gasteiger partial charge in [0.25, 0.3) is 0 Å². The van der Waals surface area contributed by atoms with Gasteiger partial charge in [-0.25, -0.2) is 13.2 Å². The normalized spacial score (nSPS) is 13.0. The minimum absolute atomic E-state index is 0.150. The third kappa shape index (κ3) is 3.86. The molecule has 0 fully saturated rings. The van der Waals surface area contributed by atoms with E-state index in [0.29, 0.717) is 6.07 Å². The van der Waals surface area contributed by atoms with Crippen LogP contribution in [-0.2, 0) is 11.6 Å². The van der Waals surface area contributed by atoms with Gasteiger partial charge < -0.3 is 4.74 Å². The molecule has 148 valence electrons. The Bertz CT molecular complexity index is 812. The van der Waals surface area contributed by atoms with E-state index in [1.165, 1.54) is 0 Å². The minimum Gasteiger partial charge on any atom is -0.432 e. The molecule has 0 aliphatic carbocycles. The van der Waals surface area contributed by atoms with Gasteiger partial charge in [0.05, 0.1) is 11.0 Å². The molecule has 0 saturated heterocycles.